The molecular weight excluding hydrogens is 388 g/mol. The molecule has 2 unspecified atom stereocenters. The number of amidine groups is 1. The Morgan fingerprint density at radius 3 is 2.93 bits per heavy atom. The smallest absolute Gasteiger partial charge is 0.257 e. The van der Waals surface area contributed by atoms with Gasteiger partial charge in [-0.05, 0) is 12.8 Å². The van der Waals surface area contributed by atoms with Gasteiger partial charge in [0.2, 0.25) is 0 Å². The van der Waals surface area contributed by atoms with E-state index in [2.05, 4.69) is 26.7 Å². The molecule has 1 saturated heterocycles. The van der Waals surface area contributed by atoms with Gasteiger partial charge in [-0.25, -0.2) is 18.7 Å². The van der Waals surface area contributed by atoms with Gasteiger partial charge in [0, 0.05) is 37.9 Å². The van der Waals surface area contributed by atoms with Gasteiger partial charge in [0.05, 0.1) is 30.6 Å². The molecule has 2 aromatic rings. The highest BCUT2D eigenvalue weighted by molar-refractivity contribution is 6.29. The lowest BCUT2D eigenvalue weighted by Gasteiger charge is -2.43. The van der Waals surface area contributed by atoms with Gasteiger partial charge >= 0.3 is 0 Å². The van der Waals surface area contributed by atoms with Crippen LogP contribution in [0.3, 0.4) is 0 Å². The Morgan fingerprint density at radius 1 is 1.43 bits per heavy atom. The molecule has 150 valence electrons. The SMILES string of the molecule is C=N/C=C\C(=N/Cc1cnc2cnc(Cl)cn12)N1CC(C)C(F)(F)C(CN)C1. The summed E-state index contributed by atoms with van der Waals surface area (Å²) in [6, 6.07) is 0. The van der Waals surface area contributed by atoms with E-state index in [0.29, 0.717) is 16.6 Å². The quantitative estimate of drug-likeness (QED) is 0.607. The van der Waals surface area contributed by atoms with Crippen LogP contribution < -0.4 is 5.73 Å². The molecule has 2 atom stereocenters. The minimum absolute atomic E-state index is 0.0939. The highest BCUT2D eigenvalue weighted by Gasteiger charge is 2.49. The normalized spacial score (nSPS) is 22.9. The summed E-state index contributed by atoms with van der Waals surface area (Å²) in [5.74, 6) is -4.04. The number of halogens is 3. The Hall–Kier alpha value is -2.39. The first-order valence-electron chi connectivity index (χ1n) is 8.84. The third-order valence-electron chi connectivity index (χ3n) is 4.92. The first kappa shape index (κ1) is 20.3. The molecule has 1 fully saturated rings. The van der Waals surface area contributed by atoms with E-state index >= 15 is 0 Å². The lowest BCUT2D eigenvalue weighted by atomic mass is 9.86. The number of nitrogens with zero attached hydrogens (tertiary/aromatic N) is 6. The number of hydrogen-bond donors (Lipinski definition) is 1. The second kappa shape index (κ2) is 8.32. The summed E-state index contributed by atoms with van der Waals surface area (Å²) in [5.41, 5.74) is 7.05. The van der Waals surface area contributed by atoms with Crippen LogP contribution in [0.1, 0.15) is 12.6 Å². The number of alkyl halides is 2. The summed E-state index contributed by atoms with van der Waals surface area (Å²) in [5, 5.41) is 0.338. The molecule has 0 radical (unpaired) electrons. The first-order valence-corrected chi connectivity index (χ1v) is 9.21. The molecule has 3 heterocycles. The summed E-state index contributed by atoms with van der Waals surface area (Å²) >= 11 is 5.96. The molecule has 0 spiro atoms. The number of hydrogen-bond acceptors (Lipinski definition) is 5. The van der Waals surface area contributed by atoms with Crippen LogP contribution in [0.15, 0.2) is 40.9 Å². The predicted octanol–water partition coefficient (Wildman–Crippen LogP) is 2.66. The summed E-state index contributed by atoms with van der Waals surface area (Å²) in [4.78, 5) is 18.4. The van der Waals surface area contributed by atoms with E-state index in [9.17, 15) is 8.78 Å². The van der Waals surface area contributed by atoms with E-state index in [1.54, 1.807) is 29.1 Å². The molecule has 0 aliphatic carbocycles. The molecule has 0 bridgehead atoms. The number of piperidine rings is 1. The van der Waals surface area contributed by atoms with Crippen molar-refractivity contribution in [2.24, 2.45) is 27.6 Å². The molecule has 0 saturated carbocycles. The van der Waals surface area contributed by atoms with E-state index in [4.69, 9.17) is 17.3 Å². The van der Waals surface area contributed by atoms with Crippen molar-refractivity contribution in [3.8, 4) is 0 Å². The molecule has 1 aliphatic heterocycles. The minimum Gasteiger partial charge on any atom is -0.356 e. The number of fused-ring (bicyclic) bond motifs is 1. The highest BCUT2D eigenvalue weighted by Crippen LogP contribution is 2.37. The lowest BCUT2D eigenvalue weighted by molar-refractivity contribution is -0.131. The van der Waals surface area contributed by atoms with Crippen molar-refractivity contribution >= 4 is 29.8 Å². The molecule has 1 aliphatic rings. The predicted molar refractivity (Wildman–Crippen MR) is 106 cm³/mol. The van der Waals surface area contributed by atoms with Crippen LogP contribution in [-0.4, -0.2) is 57.4 Å². The summed E-state index contributed by atoms with van der Waals surface area (Å²) in [7, 11) is 0. The van der Waals surface area contributed by atoms with E-state index < -0.39 is 17.8 Å². The summed E-state index contributed by atoms with van der Waals surface area (Å²) < 4.78 is 30.5. The topological polar surface area (TPSA) is 84.2 Å². The second-order valence-corrected chi connectivity index (χ2v) is 7.16. The average molecular weight is 410 g/mol. The van der Waals surface area contributed by atoms with Gasteiger partial charge in [-0.3, -0.25) is 14.4 Å². The first-order chi connectivity index (χ1) is 13.4. The standard InChI is InChI=1S/C18H22ClF2N7/c1-12-9-27(10-13(5-22)18(12,20)21)16(3-4-23-2)25-6-14-7-26-17-8-24-15(19)11-28(14)17/h3-4,7-8,11-13H,2,5-6,9-10,22H2,1H3/b4-3-,25-16+. The monoisotopic (exact) mass is 409 g/mol. The minimum atomic E-state index is -2.80. The molecule has 0 amide bonds. The molecule has 3 rings (SSSR count). The fourth-order valence-electron chi connectivity index (χ4n) is 3.31. The van der Waals surface area contributed by atoms with Gasteiger partial charge in [0.1, 0.15) is 11.0 Å². The number of imidazole rings is 1. The zero-order valence-electron chi connectivity index (χ0n) is 15.5. The maximum absolute atomic E-state index is 14.3. The Balaban J connectivity index is 1.88. The van der Waals surface area contributed by atoms with Gasteiger partial charge in [0.15, 0.2) is 5.65 Å². The Kier molecular flexibility index (Phi) is 6.04. The van der Waals surface area contributed by atoms with Crippen molar-refractivity contribution in [2.75, 3.05) is 19.6 Å². The molecule has 28 heavy (non-hydrogen) atoms. The number of likely N-dealkylation sites (tertiary alicyclic amines) is 1. The Bertz CT molecular complexity index is 908. The van der Waals surface area contributed by atoms with Gasteiger partial charge in [-0.1, -0.05) is 18.5 Å². The van der Waals surface area contributed by atoms with Crippen molar-refractivity contribution in [3.05, 3.63) is 41.7 Å². The molecule has 2 aromatic heterocycles. The summed E-state index contributed by atoms with van der Waals surface area (Å²) in [6.07, 6.45) is 8.05. The number of aromatic nitrogens is 3. The van der Waals surface area contributed by atoms with Crippen molar-refractivity contribution in [1.82, 2.24) is 19.3 Å². The molecule has 2 N–H and O–H groups in total. The zero-order valence-corrected chi connectivity index (χ0v) is 16.2. The number of aliphatic imine (C=N–C) groups is 2. The molecule has 7 nitrogen and oxygen atoms in total. The second-order valence-electron chi connectivity index (χ2n) is 6.77. The van der Waals surface area contributed by atoms with E-state index in [0.717, 1.165) is 5.69 Å². The van der Waals surface area contributed by atoms with Crippen molar-refractivity contribution in [1.29, 1.82) is 0 Å². The fraction of sp³-hybridized carbons (Fsp3) is 0.444. The van der Waals surface area contributed by atoms with Crippen LogP contribution in [0.2, 0.25) is 5.15 Å². The Morgan fingerprint density at radius 2 is 2.21 bits per heavy atom. The summed E-state index contributed by atoms with van der Waals surface area (Å²) in [6.45, 7) is 5.44. The van der Waals surface area contributed by atoms with Gasteiger partial charge in [-0.2, -0.15) is 0 Å². The maximum atomic E-state index is 14.3. The fourth-order valence-corrected chi connectivity index (χ4v) is 3.45. The van der Waals surface area contributed by atoms with Crippen LogP contribution in [0.25, 0.3) is 5.65 Å². The average Bonchev–Trinajstić information content (AvgIpc) is 3.06. The molecule has 10 heteroatoms. The zero-order chi connectivity index (χ0) is 20.3. The largest absolute Gasteiger partial charge is 0.356 e. The van der Waals surface area contributed by atoms with Crippen LogP contribution in [0, 0.1) is 11.8 Å². The molecule has 0 aromatic carbocycles. The molecular formula is C18H22ClF2N7. The Labute approximate surface area is 166 Å². The van der Waals surface area contributed by atoms with Crippen molar-refractivity contribution < 1.29 is 8.78 Å². The van der Waals surface area contributed by atoms with Gasteiger partial charge in [-0.15, -0.1) is 0 Å². The maximum Gasteiger partial charge on any atom is 0.257 e. The van der Waals surface area contributed by atoms with Gasteiger partial charge in [0.25, 0.3) is 5.92 Å². The van der Waals surface area contributed by atoms with Crippen molar-refractivity contribution in [2.45, 2.75) is 19.4 Å². The van der Waals surface area contributed by atoms with Gasteiger partial charge < -0.3 is 10.6 Å². The van der Waals surface area contributed by atoms with Crippen LogP contribution in [0.5, 0.6) is 0 Å². The number of rotatable bonds is 5. The third-order valence-corrected chi connectivity index (χ3v) is 5.11. The highest BCUT2D eigenvalue weighted by atomic mass is 35.5. The van der Waals surface area contributed by atoms with Crippen molar-refractivity contribution in [3.63, 3.8) is 0 Å². The van der Waals surface area contributed by atoms with Crippen LogP contribution >= 0.6 is 11.6 Å². The van der Waals surface area contributed by atoms with E-state index in [1.165, 1.54) is 13.1 Å². The lowest BCUT2D eigenvalue weighted by Crippen LogP contribution is -2.56. The van der Waals surface area contributed by atoms with Crippen LogP contribution in [0.4, 0.5) is 8.78 Å². The van der Waals surface area contributed by atoms with Crippen LogP contribution in [-0.2, 0) is 6.54 Å². The number of nitrogens with two attached hydrogens (primary N) is 1. The van der Waals surface area contributed by atoms with E-state index in [1.807, 2.05) is 4.90 Å². The third kappa shape index (κ3) is 4.05. The van der Waals surface area contributed by atoms with E-state index in [-0.39, 0.29) is 26.2 Å².